The largest absolute Gasteiger partial charge is 0.489 e. The predicted molar refractivity (Wildman–Crippen MR) is 95.9 cm³/mol. The smallest absolute Gasteiger partial charge is 0.275 e. The summed E-state index contributed by atoms with van der Waals surface area (Å²) in [4.78, 5) is 17.7. The molecule has 0 aliphatic rings. The Hall–Kier alpha value is -3.11. The van der Waals surface area contributed by atoms with Gasteiger partial charge in [0.25, 0.3) is 5.91 Å². The van der Waals surface area contributed by atoms with Crippen LogP contribution in [-0.2, 0) is 18.1 Å². The lowest BCUT2D eigenvalue weighted by Gasteiger charge is -2.11. The molecule has 0 unspecified atom stereocenters. The zero-order valence-corrected chi connectivity index (χ0v) is 13.7. The van der Waals surface area contributed by atoms with E-state index >= 15 is 0 Å². The zero-order valence-electron chi connectivity index (χ0n) is 13.7. The summed E-state index contributed by atoms with van der Waals surface area (Å²) in [6, 6.07) is 26.5. The van der Waals surface area contributed by atoms with Gasteiger partial charge in [0, 0.05) is 11.1 Å². The number of para-hydroxylation sites is 1. The van der Waals surface area contributed by atoms with Crippen molar-refractivity contribution in [3.8, 4) is 5.75 Å². The molecule has 1 N–H and O–H groups in total. The highest BCUT2D eigenvalue weighted by Crippen LogP contribution is 2.15. The highest BCUT2D eigenvalue weighted by atomic mass is 16.6. The third-order valence-corrected chi connectivity index (χ3v) is 3.65. The fourth-order valence-corrected chi connectivity index (χ4v) is 2.36. The minimum Gasteiger partial charge on any atom is -0.489 e. The Labute approximate surface area is 147 Å². The van der Waals surface area contributed by atoms with Crippen molar-refractivity contribution in [2.24, 2.45) is 0 Å². The van der Waals surface area contributed by atoms with Crippen LogP contribution >= 0.6 is 0 Å². The lowest BCUT2D eigenvalue weighted by atomic mass is 10.1. The van der Waals surface area contributed by atoms with Gasteiger partial charge in [0.05, 0.1) is 6.61 Å². The average Bonchev–Trinajstić information content (AvgIpc) is 2.68. The van der Waals surface area contributed by atoms with Crippen molar-refractivity contribution in [2.75, 3.05) is 0 Å². The molecule has 1 amide bonds. The summed E-state index contributed by atoms with van der Waals surface area (Å²) in [6.45, 7) is 0.627. The van der Waals surface area contributed by atoms with Crippen LogP contribution in [0.1, 0.15) is 21.5 Å². The molecule has 4 nitrogen and oxygen atoms in total. The molecule has 3 rings (SSSR count). The van der Waals surface area contributed by atoms with Crippen molar-refractivity contribution < 1.29 is 14.4 Å². The topological polar surface area (TPSA) is 47.6 Å². The van der Waals surface area contributed by atoms with Crippen LogP contribution in [0.5, 0.6) is 5.75 Å². The molecule has 0 spiro atoms. The Bertz CT molecular complexity index is 804. The molecule has 0 bridgehead atoms. The SMILES string of the molecule is O=C(NOCc1ccccc1)c1ccccc1COc1ccccc1. The molecule has 0 saturated heterocycles. The van der Waals surface area contributed by atoms with E-state index in [9.17, 15) is 4.79 Å². The summed E-state index contributed by atoms with van der Waals surface area (Å²) >= 11 is 0. The summed E-state index contributed by atoms with van der Waals surface area (Å²) in [6.07, 6.45) is 0. The van der Waals surface area contributed by atoms with E-state index in [0.29, 0.717) is 18.8 Å². The molecule has 4 heteroatoms. The first-order valence-electron chi connectivity index (χ1n) is 8.05. The summed E-state index contributed by atoms with van der Waals surface area (Å²) in [5.74, 6) is 0.473. The standard InChI is InChI=1S/C21H19NO3/c23-21(22-25-15-17-9-3-1-4-10-17)20-14-8-7-11-18(20)16-24-19-12-5-2-6-13-19/h1-14H,15-16H2,(H,22,23). The maximum atomic E-state index is 12.4. The van der Waals surface area contributed by atoms with Crippen LogP contribution < -0.4 is 10.2 Å². The third kappa shape index (κ3) is 4.93. The van der Waals surface area contributed by atoms with Gasteiger partial charge >= 0.3 is 0 Å². The second-order valence-electron chi connectivity index (χ2n) is 5.46. The summed E-state index contributed by atoms with van der Waals surface area (Å²) in [5.41, 5.74) is 4.81. The van der Waals surface area contributed by atoms with Crippen LogP contribution in [0, 0.1) is 0 Å². The molecule has 0 aromatic heterocycles. The molecule has 0 radical (unpaired) electrons. The fraction of sp³-hybridized carbons (Fsp3) is 0.0952. The van der Waals surface area contributed by atoms with Crippen LogP contribution in [0.25, 0.3) is 0 Å². The van der Waals surface area contributed by atoms with E-state index in [1.165, 1.54) is 0 Å². The number of nitrogens with one attached hydrogen (secondary N) is 1. The number of rotatable bonds is 7. The molecular formula is C21H19NO3. The Morgan fingerprint density at radius 3 is 2.16 bits per heavy atom. The molecule has 0 atom stereocenters. The molecule has 126 valence electrons. The van der Waals surface area contributed by atoms with E-state index in [2.05, 4.69) is 5.48 Å². The van der Waals surface area contributed by atoms with E-state index in [1.807, 2.05) is 78.9 Å². The lowest BCUT2D eigenvalue weighted by Crippen LogP contribution is -2.25. The predicted octanol–water partition coefficient (Wildman–Crippen LogP) is 4.13. The number of carbonyl (C=O) groups is 1. The normalized spacial score (nSPS) is 10.2. The van der Waals surface area contributed by atoms with E-state index in [-0.39, 0.29) is 5.91 Å². The Balaban J connectivity index is 1.58. The summed E-state index contributed by atoms with van der Waals surface area (Å²) in [5, 5.41) is 0. The van der Waals surface area contributed by atoms with Crippen molar-refractivity contribution in [2.45, 2.75) is 13.2 Å². The highest BCUT2D eigenvalue weighted by Gasteiger charge is 2.11. The number of ether oxygens (including phenoxy) is 1. The minimum absolute atomic E-state index is 0.289. The summed E-state index contributed by atoms with van der Waals surface area (Å²) < 4.78 is 5.74. The average molecular weight is 333 g/mol. The van der Waals surface area contributed by atoms with Gasteiger partial charge in [-0.3, -0.25) is 9.63 Å². The molecule has 0 aliphatic heterocycles. The van der Waals surface area contributed by atoms with Crippen molar-refractivity contribution in [3.05, 3.63) is 102 Å². The van der Waals surface area contributed by atoms with Crippen LogP contribution in [0.2, 0.25) is 0 Å². The Kier molecular flexibility index (Phi) is 5.80. The molecule has 3 aromatic carbocycles. The number of carbonyl (C=O) groups excluding carboxylic acids is 1. The first kappa shape index (κ1) is 16.7. The highest BCUT2D eigenvalue weighted by molar-refractivity contribution is 5.94. The Morgan fingerprint density at radius 2 is 1.40 bits per heavy atom. The van der Waals surface area contributed by atoms with E-state index in [4.69, 9.17) is 9.57 Å². The number of hydrogen-bond acceptors (Lipinski definition) is 3. The van der Waals surface area contributed by atoms with E-state index in [1.54, 1.807) is 6.07 Å². The van der Waals surface area contributed by atoms with Crippen molar-refractivity contribution in [1.29, 1.82) is 0 Å². The molecule has 3 aromatic rings. The number of amides is 1. The third-order valence-electron chi connectivity index (χ3n) is 3.65. The molecular weight excluding hydrogens is 314 g/mol. The fourth-order valence-electron chi connectivity index (χ4n) is 2.36. The molecule has 25 heavy (non-hydrogen) atoms. The quantitative estimate of drug-likeness (QED) is 0.662. The van der Waals surface area contributed by atoms with Crippen LogP contribution in [0.4, 0.5) is 0 Å². The van der Waals surface area contributed by atoms with Crippen molar-refractivity contribution in [3.63, 3.8) is 0 Å². The van der Waals surface area contributed by atoms with Gasteiger partial charge in [0.15, 0.2) is 0 Å². The van der Waals surface area contributed by atoms with Crippen molar-refractivity contribution in [1.82, 2.24) is 5.48 Å². The number of hydrogen-bond donors (Lipinski definition) is 1. The first-order valence-corrected chi connectivity index (χ1v) is 8.05. The van der Waals surface area contributed by atoms with Crippen LogP contribution in [0.15, 0.2) is 84.9 Å². The summed E-state index contributed by atoms with van der Waals surface area (Å²) in [7, 11) is 0. The Morgan fingerprint density at radius 1 is 0.760 bits per heavy atom. The second kappa shape index (κ2) is 8.66. The maximum Gasteiger partial charge on any atom is 0.275 e. The van der Waals surface area contributed by atoms with Gasteiger partial charge in [-0.1, -0.05) is 66.7 Å². The van der Waals surface area contributed by atoms with Gasteiger partial charge in [-0.05, 0) is 23.8 Å². The molecule has 0 aliphatic carbocycles. The molecule has 0 heterocycles. The number of hydroxylamine groups is 1. The second-order valence-corrected chi connectivity index (χ2v) is 5.46. The van der Waals surface area contributed by atoms with Crippen LogP contribution in [0.3, 0.4) is 0 Å². The van der Waals surface area contributed by atoms with Gasteiger partial charge in [-0.15, -0.1) is 0 Å². The van der Waals surface area contributed by atoms with Crippen LogP contribution in [-0.4, -0.2) is 5.91 Å². The van der Waals surface area contributed by atoms with Gasteiger partial charge < -0.3 is 4.74 Å². The van der Waals surface area contributed by atoms with E-state index < -0.39 is 0 Å². The molecule has 0 fully saturated rings. The van der Waals surface area contributed by atoms with Crippen molar-refractivity contribution >= 4 is 5.91 Å². The first-order chi connectivity index (χ1) is 12.3. The van der Waals surface area contributed by atoms with Gasteiger partial charge in [-0.25, -0.2) is 5.48 Å². The van der Waals surface area contributed by atoms with Gasteiger partial charge in [0.1, 0.15) is 12.4 Å². The van der Waals surface area contributed by atoms with E-state index in [0.717, 1.165) is 16.9 Å². The monoisotopic (exact) mass is 333 g/mol. The minimum atomic E-state index is -0.289. The van der Waals surface area contributed by atoms with Gasteiger partial charge in [0.2, 0.25) is 0 Å². The lowest BCUT2D eigenvalue weighted by molar-refractivity contribution is 0.0232. The maximum absolute atomic E-state index is 12.4. The zero-order chi connectivity index (χ0) is 17.3. The van der Waals surface area contributed by atoms with Gasteiger partial charge in [-0.2, -0.15) is 0 Å². The molecule has 0 saturated carbocycles. The number of benzene rings is 3.